The van der Waals surface area contributed by atoms with E-state index in [0.29, 0.717) is 10.0 Å². The van der Waals surface area contributed by atoms with Gasteiger partial charge in [-0.3, -0.25) is 19.2 Å². The summed E-state index contributed by atoms with van der Waals surface area (Å²) in [4.78, 5) is 50.5. The summed E-state index contributed by atoms with van der Waals surface area (Å²) >= 11 is 48.6. The number of ketones is 1. The fourth-order valence-corrected chi connectivity index (χ4v) is 8.38. The van der Waals surface area contributed by atoms with Gasteiger partial charge < -0.3 is 0 Å². The van der Waals surface area contributed by atoms with E-state index < -0.39 is 56.0 Å². The van der Waals surface area contributed by atoms with Gasteiger partial charge in [0.1, 0.15) is 16.3 Å². The van der Waals surface area contributed by atoms with Crippen LogP contribution in [0.2, 0.25) is 5.02 Å². The number of Topliss-reactive ketones (excluding diaryl/α,β-unsaturated/α-hetero) is 1. The average Bonchev–Trinajstić information content (AvgIpc) is 3.26. The molecule has 2 aromatic rings. The van der Waals surface area contributed by atoms with Crippen molar-refractivity contribution in [2.75, 3.05) is 6.54 Å². The number of halogens is 8. The summed E-state index contributed by atoms with van der Waals surface area (Å²) in [5.74, 6) is -6.25. The zero-order valence-electron chi connectivity index (χ0n) is 18.5. The molecule has 6 nitrogen and oxygen atoms in total. The summed E-state index contributed by atoms with van der Waals surface area (Å²) in [6.07, 6.45) is 0. The minimum Gasteiger partial charge on any atom is -0.292 e. The lowest BCUT2D eigenvalue weighted by atomic mass is 9.84. The Labute approximate surface area is 259 Å². The molecule has 38 heavy (non-hydrogen) atoms. The Morgan fingerprint density at radius 1 is 0.789 bits per heavy atom. The van der Waals surface area contributed by atoms with Crippen LogP contribution in [0.5, 0.6) is 0 Å². The largest absolute Gasteiger partial charge is 0.292 e. The summed E-state index contributed by atoms with van der Waals surface area (Å²) in [5, 5.41) is 1.10. The predicted molar refractivity (Wildman–Crippen MR) is 150 cm³/mol. The molecule has 2 aromatic carbocycles. The van der Waals surface area contributed by atoms with Gasteiger partial charge in [0.2, 0.25) is 0 Å². The van der Waals surface area contributed by atoms with Crippen LogP contribution < -0.4 is 0 Å². The van der Waals surface area contributed by atoms with Gasteiger partial charge in [0.25, 0.3) is 17.7 Å². The highest BCUT2D eigenvalue weighted by molar-refractivity contribution is 9.10. The van der Waals surface area contributed by atoms with Crippen molar-refractivity contribution < 1.29 is 19.2 Å². The van der Waals surface area contributed by atoms with Crippen LogP contribution in [-0.2, 0) is 9.59 Å². The Morgan fingerprint density at radius 3 is 1.71 bits per heavy atom. The topological polar surface area (TPSA) is 74.8 Å². The molecule has 0 radical (unpaired) electrons. The van der Waals surface area contributed by atoms with Gasteiger partial charge in [-0.15, -0.1) is 23.2 Å². The zero-order valence-corrected chi connectivity index (χ0v) is 25.4. The van der Waals surface area contributed by atoms with Crippen molar-refractivity contribution in [3.05, 3.63) is 79.2 Å². The first-order chi connectivity index (χ1) is 17.7. The molecule has 1 heterocycles. The van der Waals surface area contributed by atoms with Gasteiger partial charge in [-0.05, 0) is 36.4 Å². The highest BCUT2D eigenvalue weighted by Gasteiger charge is 2.88. The van der Waals surface area contributed by atoms with E-state index in [2.05, 4.69) is 15.9 Å². The third kappa shape index (κ3) is 3.66. The van der Waals surface area contributed by atoms with Crippen molar-refractivity contribution in [2.45, 2.75) is 14.1 Å². The van der Waals surface area contributed by atoms with E-state index in [4.69, 9.17) is 81.2 Å². The quantitative estimate of drug-likeness (QED) is 0.194. The van der Waals surface area contributed by atoms with E-state index in [1.807, 2.05) is 0 Å². The third-order valence-corrected chi connectivity index (χ3v) is 12.0. The van der Waals surface area contributed by atoms with E-state index in [1.54, 1.807) is 12.1 Å². The van der Waals surface area contributed by atoms with Crippen LogP contribution in [-0.4, -0.2) is 54.1 Å². The highest BCUT2D eigenvalue weighted by Crippen LogP contribution is 2.77. The van der Waals surface area contributed by atoms with Crippen LogP contribution in [0.3, 0.4) is 0 Å². The molecule has 0 unspecified atom stereocenters. The maximum absolute atomic E-state index is 13.9. The van der Waals surface area contributed by atoms with Crippen LogP contribution in [0.25, 0.3) is 0 Å². The first kappa shape index (κ1) is 28.5. The fourth-order valence-electron chi connectivity index (χ4n) is 5.06. The van der Waals surface area contributed by atoms with Gasteiger partial charge in [-0.1, -0.05) is 86.1 Å². The van der Waals surface area contributed by atoms with Gasteiger partial charge in [-0.2, -0.15) is 5.01 Å². The van der Waals surface area contributed by atoms with E-state index in [-0.39, 0.29) is 21.2 Å². The number of rotatable bonds is 5. The fraction of sp³-hybridized carbons (Fsp3) is 0.250. The molecule has 2 bridgehead atoms. The summed E-state index contributed by atoms with van der Waals surface area (Å²) in [6.45, 7) is -0.674. The maximum Gasteiger partial charge on any atom is 0.273 e. The Bertz CT molecular complexity index is 1400. The molecular weight excluding hydrogens is 708 g/mol. The number of carbonyl (C=O) groups excluding carboxylic acids is 4. The standard InChI is InChI=1S/C24H12BrCl7N2O4/c25-12-5-1-10(2-6-12)14(35)9-33(19(36)11-3-7-13(26)8-4-11)34-20(37)15-16(21(34)38)23(30)18(28)17(27)22(15,29)24(23,31)32/h1-8,15-16H,9H2/t15-,16-,22-,23-/m1/s1. The number of hydrazine groups is 1. The van der Waals surface area contributed by atoms with E-state index in [9.17, 15) is 19.2 Å². The lowest BCUT2D eigenvalue weighted by molar-refractivity contribution is -0.154. The lowest BCUT2D eigenvalue weighted by Gasteiger charge is -2.36. The summed E-state index contributed by atoms with van der Waals surface area (Å²) < 4.78 is -1.41. The molecule has 1 saturated heterocycles. The smallest absolute Gasteiger partial charge is 0.273 e. The molecule has 14 heteroatoms. The van der Waals surface area contributed by atoms with E-state index in [0.717, 1.165) is 9.48 Å². The number of allylic oxidation sites excluding steroid dienone is 2. The van der Waals surface area contributed by atoms with Gasteiger partial charge >= 0.3 is 0 Å². The molecule has 0 aromatic heterocycles. The second kappa shape index (κ2) is 9.52. The van der Waals surface area contributed by atoms with Crippen LogP contribution in [0.1, 0.15) is 20.7 Å². The monoisotopic (exact) mass is 716 g/mol. The summed E-state index contributed by atoms with van der Waals surface area (Å²) in [5.41, 5.74) is 0.287. The van der Waals surface area contributed by atoms with Gasteiger partial charge in [-0.25, -0.2) is 5.01 Å². The Morgan fingerprint density at radius 2 is 1.24 bits per heavy atom. The molecule has 5 rings (SSSR count). The molecule has 3 amide bonds. The minimum absolute atomic E-state index is 0.0537. The van der Waals surface area contributed by atoms with Crippen molar-refractivity contribution in [1.82, 2.24) is 10.0 Å². The number of fused-ring (bicyclic) bond motifs is 5. The first-order valence-electron chi connectivity index (χ1n) is 10.7. The second-order valence-electron chi connectivity index (χ2n) is 8.87. The normalized spacial score (nSPS) is 29.2. The number of benzene rings is 2. The van der Waals surface area contributed by atoms with Crippen molar-refractivity contribution in [3.63, 3.8) is 0 Å². The van der Waals surface area contributed by atoms with Crippen molar-refractivity contribution in [2.24, 2.45) is 11.8 Å². The molecule has 1 saturated carbocycles. The summed E-state index contributed by atoms with van der Waals surface area (Å²) in [7, 11) is 0. The molecule has 1 aliphatic heterocycles. The molecule has 3 aliphatic rings. The number of imide groups is 1. The third-order valence-electron chi connectivity index (χ3n) is 6.91. The van der Waals surface area contributed by atoms with Gasteiger partial charge in [0, 0.05) is 20.6 Å². The number of nitrogens with zero attached hydrogens (tertiary/aromatic N) is 2. The molecule has 2 aliphatic carbocycles. The SMILES string of the molecule is O=C(CN(C(=O)c1ccc(Cl)cc1)N1C(=O)[C@H]2[C@H](C1=O)[C@@]1(Cl)C(Cl)=C(Cl)[C@@]2(Cl)C1(Cl)Cl)c1ccc(Br)cc1. The van der Waals surface area contributed by atoms with Crippen LogP contribution in [0.15, 0.2) is 63.1 Å². The molecule has 198 valence electrons. The lowest BCUT2D eigenvalue weighted by Crippen LogP contribution is -2.56. The molecule has 0 spiro atoms. The molecular formula is C24H12BrCl7N2O4. The van der Waals surface area contributed by atoms with Crippen molar-refractivity contribution >= 4 is 121 Å². The van der Waals surface area contributed by atoms with E-state index in [1.165, 1.54) is 36.4 Å². The molecule has 4 atom stereocenters. The van der Waals surface area contributed by atoms with Crippen LogP contribution in [0.4, 0.5) is 0 Å². The van der Waals surface area contributed by atoms with Crippen LogP contribution in [0, 0.1) is 11.8 Å². The van der Waals surface area contributed by atoms with Gasteiger partial charge in [0.05, 0.1) is 21.9 Å². The Hall–Kier alpha value is -1.03. The average molecular weight is 720 g/mol. The van der Waals surface area contributed by atoms with E-state index >= 15 is 0 Å². The molecule has 2 fully saturated rings. The number of amides is 3. The number of carbonyl (C=O) groups is 4. The van der Waals surface area contributed by atoms with Crippen LogP contribution >= 0.6 is 97.1 Å². The maximum atomic E-state index is 13.9. The number of alkyl halides is 4. The predicted octanol–water partition coefficient (Wildman–Crippen LogP) is 6.79. The van der Waals surface area contributed by atoms with Crippen molar-refractivity contribution in [1.29, 1.82) is 0 Å². The van der Waals surface area contributed by atoms with Gasteiger partial charge in [0.15, 0.2) is 10.1 Å². The Balaban J connectivity index is 1.59. The summed E-state index contributed by atoms with van der Waals surface area (Å²) in [6, 6.07) is 12.0. The first-order valence-corrected chi connectivity index (χ1v) is 14.2. The Kier molecular flexibility index (Phi) is 7.14. The molecule has 0 N–H and O–H groups in total. The second-order valence-corrected chi connectivity index (χ2v) is 13.5. The number of hydrogen-bond donors (Lipinski definition) is 0. The number of hydrogen-bond acceptors (Lipinski definition) is 4. The minimum atomic E-state index is -2.14. The van der Waals surface area contributed by atoms with Crippen molar-refractivity contribution in [3.8, 4) is 0 Å². The highest BCUT2D eigenvalue weighted by atomic mass is 79.9. The zero-order chi connectivity index (χ0) is 27.9.